The van der Waals surface area contributed by atoms with Gasteiger partial charge < -0.3 is 10.2 Å². The Hall–Kier alpha value is -2.81. The highest BCUT2D eigenvalue weighted by atomic mass is 16.4. The second kappa shape index (κ2) is 6.53. The summed E-state index contributed by atoms with van der Waals surface area (Å²) in [5.74, 6) is -0.556. The standard InChI is InChI=1S/C20H18O3/c21-19(22)12-6-9-15-13-18(14-7-2-1-3-8-14)16-10-4-5-11-17(16)20(15)23/h1-5,7-8,10-11,13,23H,6,9,12H2,(H,21,22). The second-order valence-electron chi connectivity index (χ2n) is 5.59. The van der Waals surface area contributed by atoms with E-state index in [1.807, 2.05) is 60.7 Å². The van der Waals surface area contributed by atoms with Gasteiger partial charge in [-0.2, -0.15) is 0 Å². The summed E-state index contributed by atoms with van der Waals surface area (Å²) in [5, 5.41) is 21.1. The fraction of sp³-hybridized carbons (Fsp3) is 0.150. The van der Waals surface area contributed by atoms with Crippen molar-refractivity contribution in [2.75, 3.05) is 0 Å². The van der Waals surface area contributed by atoms with E-state index in [4.69, 9.17) is 5.11 Å². The SMILES string of the molecule is O=C(O)CCCc1cc(-c2ccccc2)c2ccccc2c1O. The van der Waals surface area contributed by atoms with Gasteiger partial charge in [0.15, 0.2) is 0 Å². The molecule has 0 heterocycles. The number of phenolic OH excluding ortho intramolecular Hbond substituents is 1. The van der Waals surface area contributed by atoms with Crippen LogP contribution in [-0.2, 0) is 11.2 Å². The Balaban J connectivity index is 2.11. The highest BCUT2D eigenvalue weighted by molar-refractivity contribution is 6.00. The lowest BCUT2D eigenvalue weighted by Crippen LogP contribution is -1.97. The summed E-state index contributed by atoms with van der Waals surface area (Å²) in [6, 6.07) is 19.8. The van der Waals surface area contributed by atoms with Gasteiger partial charge >= 0.3 is 5.97 Å². The van der Waals surface area contributed by atoms with Crippen molar-refractivity contribution in [1.29, 1.82) is 0 Å². The van der Waals surface area contributed by atoms with Gasteiger partial charge in [0.05, 0.1) is 0 Å². The van der Waals surface area contributed by atoms with E-state index in [9.17, 15) is 9.90 Å². The molecule has 0 saturated heterocycles. The molecule has 3 rings (SSSR count). The molecule has 0 amide bonds. The quantitative estimate of drug-likeness (QED) is 0.723. The summed E-state index contributed by atoms with van der Waals surface area (Å²) >= 11 is 0. The Morgan fingerprint density at radius 3 is 2.26 bits per heavy atom. The van der Waals surface area contributed by atoms with Crippen LogP contribution in [-0.4, -0.2) is 16.2 Å². The van der Waals surface area contributed by atoms with Crippen molar-refractivity contribution in [3.63, 3.8) is 0 Å². The topological polar surface area (TPSA) is 57.5 Å². The number of hydrogen-bond donors (Lipinski definition) is 2. The average molecular weight is 306 g/mol. The molecule has 0 aliphatic heterocycles. The van der Waals surface area contributed by atoms with Crippen LogP contribution in [0.3, 0.4) is 0 Å². The molecule has 0 aromatic heterocycles. The molecule has 0 radical (unpaired) electrons. The first-order chi connectivity index (χ1) is 11.2. The summed E-state index contributed by atoms with van der Waals surface area (Å²) in [5.41, 5.74) is 2.94. The lowest BCUT2D eigenvalue weighted by atomic mass is 9.93. The van der Waals surface area contributed by atoms with Gasteiger partial charge in [-0.15, -0.1) is 0 Å². The largest absolute Gasteiger partial charge is 0.507 e. The number of hydrogen-bond acceptors (Lipinski definition) is 2. The molecule has 3 nitrogen and oxygen atoms in total. The minimum Gasteiger partial charge on any atom is -0.507 e. The summed E-state index contributed by atoms with van der Waals surface area (Å²) in [7, 11) is 0. The summed E-state index contributed by atoms with van der Waals surface area (Å²) < 4.78 is 0. The third kappa shape index (κ3) is 3.19. The van der Waals surface area contributed by atoms with Crippen molar-refractivity contribution in [2.45, 2.75) is 19.3 Å². The van der Waals surface area contributed by atoms with E-state index in [0.717, 1.165) is 27.5 Å². The Kier molecular flexibility index (Phi) is 4.29. The molecule has 0 spiro atoms. The predicted octanol–water partition coefficient (Wildman–Crippen LogP) is 4.62. The smallest absolute Gasteiger partial charge is 0.303 e. The molecule has 3 heteroatoms. The van der Waals surface area contributed by atoms with Gasteiger partial charge in [-0.3, -0.25) is 4.79 Å². The monoisotopic (exact) mass is 306 g/mol. The third-order valence-electron chi connectivity index (χ3n) is 4.02. The van der Waals surface area contributed by atoms with Crippen molar-refractivity contribution in [3.8, 4) is 16.9 Å². The van der Waals surface area contributed by atoms with E-state index < -0.39 is 5.97 Å². The van der Waals surface area contributed by atoms with Crippen molar-refractivity contribution < 1.29 is 15.0 Å². The fourth-order valence-corrected chi connectivity index (χ4v) is 2.89. The zero-order valence-corrected chi connectivity index (χ0v) is 12.7. The van der Waals surface area contributed by atoms with Crippen LogP contribution < -0.4 is 0 Å². The van der Waals surface area contributed by atoms with Crippen LogP contribution in [0.25, 0.3) is 21.9 Å². The fourth-order valence-electron chi connectivity index (χ4n) is 2.89. The summed E-state index contributed by atoms with van der Waals surface area (Å²) in [4.78, 5) is 10.7. The van der Waals surface area contributed by atoms with E-state index in [1.165, 1.54) is 0 Å². The van der Waals surface area contributed by atoms with Gasteiger partial charge in [-0.05, 0) is 41.0 Å². The number of aromatic hydroxyl groups is 1. The normalized spacial score (nSPS) is 10.8. The molecular formula is C20H18O3. The number of aliphatic carboxylic acids is 1. The number of phenols is 1. The number of aryl methyl sites for hydroxylation is 1. The maximum Gasteiger partial charge on any atom is 0.303 e. The number of carboxylic acid groups (broad SMARTS) is 1. The molecule has 0 bridgehead atoms. The van der Waals surface area contributed by atoms with Crippen molar-refractivity contribution in [3.05, 3.63) is 66.2 Å². The Morgan fingerprint density at radius 1 is 0.913 bits per heavy atom. The molecule has 0 unspecified atom stereocenters. The zero-order valence-electron chi connectivity index (χ0n) is 12.7. The van der Waals surface area contributed by atoms with Crippen LogP contribution in [0, 0.1) is 0 Å². The molecular weight excluding hydrogens is 288 g/mol. The minimum absolute atomic E-state index is 0.104. The van der Waals surface area contributed by atoms with E-state index in [-0.39, 0.29) is 12.2 Å². The highest BCUT2D eigenvalue weighted by Gasteiger charge is 2.12. The van der Waals surface area contributed by atoms with Gasteiger partial charge in [-0.1, -0.05) is 54.6 Å². The number of fused-ring (bicyclic) bond motifs is 1. The summed E-state index contributed by atoms with van der Waals surface area (Å²) in [6.07, 6.45) is 1.16. The van der Waals surface area contributed by atoms with E-state index >= 15 is 0 Å². The first-order valence-electron chi connectivity index (χ1n) is 7.67. The number of benzene rings is 3. The lowest BCUT2D eigenvalue weighted by Gasteiger charge is -2.13. The first-order valence-corrected chi connectivity index (χ1v) is 7.67. The summed E-state index contributed by atoms with van der Waals surface area (Å²) in [6.45, 7) is 0. The van der Waals surface area contributed by atoms with Gasteiger partial charge in [-0.25, -0.2) is 0 Å². The average Bonchev–Trinajstić information content (AvgIpc) is 2.57. The molecule has 3 aromatic rings. The maximum atomic E-state index is 10.7. The molecule has 0 saturated carbocycles. The van der Waals surface area contributed by atoms with Gasteiger partial charge in [0, 0.05) is 11.8 Å². The molecule has 0 aliphatic rings. The van der Waals surface area contributed by atoms with Crippen LogP contribution in [0.4, 0.5) is 0 Å². The molecule has 2 N–H and O–H groups in total. The molecule has 0 fully saturated rings. The van der Waals surface area contributed by atoms with Crippen LogP contribution in [0.2, 0.25) is 0 Å². The molecule has 3 aromatic carbocycles. The molecule has 0 atom stereocenters. The van der Waals surface area contributed by atoms with Crippen LogP contribution >= 0.6 is 0 Å². The van der Waals surface area contributed by atoms with Crippen molar-refractivity contribution in [2.24, 2.45) is 0 Å². The first kappa shape index (κ1) is 15.1. The third-order valence-corrected chi connectivity index (χ3v) is 4.02. The van der Waals surface area contributed by atoms with Crippen LogP contribution in [0.15, 0.2) is 60.7 Å². The Labute approximate surface area is 134 Å². The van der Waals surface area contributed by atoms with Gasteiger partial charge in [0.1, 0.15) is 5.75 Å². The van der Waals surface area contributed by atoms with E-state index in [0.29, 0.717) is 12.8 Å². The number of carboxylic acids is 1. The highest BCUT2D eigenvalue weighted by Crippen LogP contribution is 2.37. The minimum atomic E-state index is -0.812. The number of carbonyl (C=O) groups is 1. The van der Waals surface area contributed by atoms with Crippen LogP contribution in [0.5, 0.6) is 5.75 Å². The van der Waals surface area contributed by atoms with Crippen molar-refractivity contribution >= 4 is 16.7 Å². The van der Waals surface area contributed by atoms with Gasteiger partial charge in [0.2, 0.25) is 0 Å². The molecule has 23 heavy (non-hydrogen) atoms. The van der Waals surface area contributed by atoms with E-state index in [2.05, 4.69) is 0 Å². The number of rotatable bonds is 5. The van der Waals surface area contributed by atoms with Crippen LogP contribution in [0.1, 0.15) is 18.4 Å². The molecule has 116 valence electrons. The van der Waals surface area contributed by atoms with Gasteiger partial charge in [0.25, 0.3) is 0 Å². The predicted molar refractivity (Wildman–Crippen MR) is 91.6 cm³/mol. The van der Waals surface area contributed by atoms with Crippen molar-refractivity contribution in [1.82, 2.24) is 0 Å². The Morgan fingerprint density at radius 2 is 1.57 bits per heavy atom. The maximum absolute atomic E-state index is 10.7. The zero-order chi connectivity index (χ0) is 16.2. The van der Waals surface area contributed by atoms with E-state index in [1.54, 1.807) is 0 Å². The lowest BCUT2D eigenvalue weighted by molar-refractivity contribution is -0.137. The molecule has 0 aliphatic carbocycles. The second-order valence-corrected chi connectivity index (χ2v) is 5.59. The Bertz CT molecular complexity index is 838.